The van der Waals surface area contributed by atoms with E-state index in [-0.39, 0.29) is 34.8 Å². The molecule has 2 aromatic heterocycles. The minimum absolute atomic E-state index is 0.00190. The zero-order chi connectivity index (χ0) is 19.1. The number of anilines is 2. The van der Waals surface area contributed by atoms with E-state index in [1.165, 1.54) is 12.8 Å². The Morgan fingerprint density at radius 1 is 1.15 bits per heavy atom. The molecular weight excluding hydrogens is 350 g/mol. The number of hydrogen-bond acceptors (Lipinski definition) is 6. The molecule has 3 aliphatic rings. The van der Waals surface area contributed by atoms with Crippen LogP contribution in [0.3, 0.4) is 0 Å². The number of nitrogens with zero attached hydrogens (tertiary/aromatic N) is 3. The van der Waals surface area contributed by atoms with Crippen molar-refractivity contribution in [1.82, 2.24) is 15.0 Å². The van der Waals surface area contributed by atoms with Crippen LogP contribution in [0.25, 0.3) is 0 Å². The van der Waals surface area contributed by atoms with Crippen molar-refractivity contribution < 1.29 is 8.78 Å². The molecule has 0 amide bonds. The summed E-state index contributed by atoms with van der Waals surface area (Å²) in [7, 11) is 0. The normalized spacial score (nSPS) is 26.8. The third-order valence-corrected chi connectivity index (χ3v) is 6.06. The first-order chi connectivity index (χ1) is 12.9. The summed E-state index contributed by atoms with van der Waals surface area (Å²) in [6.45, 7) is 2.20. The Bertz CT molecular complexity index is 876. The predicted octanol–water partition coefficient (Wildman–Crippen LogP) is 3.38. The Labute approximate surface area is 156 Å². The standard InChI is InChI=1S/C19H22F2N6/c1-9-10-2-4-11(5-3-10)16(9)26-18-14(21)8-25-19(27-18)15(22)13-6-12(20)7-24-17(13)23/h6-11,16,22H,2-5H2,1H3,(H2,23,24)(H,25,26,27). The van der Waals surface area contributed by atoms with Gasteiger partial charge in [0.05, 0.1) is 12.4 Å². The van der Waals surface area contributed by atoms with Gasteiger partial charge in [0.1, 0.15) is 17.3 Å². The van der Waals surface area contributed by atoms with Gasteiger partial charge in [-0.2, -0.15) is 0 Å². The molecule has 0 aromatic carbocycles. The van der Waals surface area contributed by atoms with Crippen molar-refractivity contribution in [3.8, 4) is 0 Å². The molecule has 3 fully saturated rings. The van der Waals surface area contributed by atoms with Gasteiger partial charge in [0, 0.05) is 11.6 Å². The molecule has 8 heteroatoms. The molecule has 0 radical (unpaired) electrons. The van der Waals surface area contributed by atoms with Crippen LogP contribution in [0.2, 0.25) is 0 Å². The Hall–Kier alpha value is -2.64. The molecule has 142 valence electrons. The number of halogens is 2. The second-order valence-electron chi connectivity index (χ2n) is 7.56. The molecular formula is C19H22F2N6. The van der Waals surface area contributed by atoms with Gasteiger partial charge < -0.3 is 11.1 Å². The topological polar surface area (TPSA) is 101 Å². The van der Waals surface area contributed by atoms with E-state index in [0.29, 0.717) is 17.8 Å². The Morgan fingerprint density at radius 2 is 1.85 bits per heavy atom. The number of nitrogens with one attached hydrogen (secondary N) is 2. The average molecular weight is 372 g/mol. The highest BCUT2D eigenvalue weighted by molar-refractivity contribution is 6.11. The molecule has 27 heavy (non-hydrogen) atoms. The fourth-order valence-corrected chi connectivity index (χ4v) is 4.52. The van der Waals surface area contributed by atoms with Gasteiger partial charge in [-0.15, -0.1) is 0 Å². The monoisotopic (exact) mass is 372 g/mol. The number of fused-ring (bicyclic) bond motifs is 3. The summed E-state index contributed by atoms with van der Waals surface area (Å²) in [6, 6.07) is 1.26. The molecule has 3 saturated carbocycles. The van der Waals surface area contributed by atoms with Gasteiger partial charge in [0.15, 0.2) is 17.5 Å². The number of nitrogen functional groups attached to an aromatic ring is 1. The molecule has 2 heterocycles. The maximum absolute atomic E-state index is 14.3. The molecule has 2 atom stereocenters. The first-order valence-electron chi connectivity index (χ1n) is 9.23. The number of nitrogens with two attached hydrogens (primary N) is 1. The molecule has 0 aliphatic heterocycles. The van der Waals surface area contributed by atoms with Crippen LogP contribution in [0.15, 0.2) is 18.5 Å². The van der Waals surface area contributed by atoms with Crippen LogP contribution in [0.4, 0.5) is 20.4 Å². The zero-order valence-electron chi connectivity index (χ0n) is 15.0. The van der Waals surface area contributed by atoms with Crippen LogP contribution >= 0.6 is 0 Å². The molecule has 2 aromatic rings. The molecule has 2 bridgehead atoms. The van der Waals surface area contributed by atoms with Gasteiger partial charge in [-0.1, -0.05) is 6.92 Å². The number of hydrogen-bond donors (Lipinski definition) is 3. The highest BCUT2D eigenvalue weighted by Crippen LogP contribution is 2.45. The third-order valence-electron chi connectivity index (χ3n) is 6.06. The quantitative estimate of drug-likeness (QED) is 0.714. The van der Waals surface area contributed by atoms with E-state index < -0.39 is 11.6 Å². The van der Waals surface area contributed by atoms with Gasteiger partial charge in [-0.25, -0.2) is 23.7 Å². The highest BCUT2D eigenvalue weighted by atomic mass is 19.1. The Balaban J connectivity index is 1.62. The number of pyridine rings is 1. The van der Waals surface area contributed by atoms with Crippen LogP contribution in [0, 0.1) is 34.8 Å². The van der Waals surface area contributed by atoms with Crippen molar-refractivity contribution >= 4 is 17.3 Å². The second-order valence-corrected chi connectivity index (χ2v) is 7.56. The smallest absolute Gasteiger partial charge is 0.183 e. The predicted molar refractivity (Wildman–Crippen MR) is 98.6 cm³/mol. The van der Waals surface area contributed by atoms with Gasteiger partial charge in [0.2, 0.25) is 0 Å². The third kappa shape index (κ3) is 3.24. The second kappa shape index (κ2) is 6.83. The fourth-order valence-electron chi connectivity index (χ4n) is 4.52. The van der Waals surface area contributed by atoms with Crippen LogP contribution in [0.5, 0.6) is 0 Å². The van der Waals surface area contributed by atoms with Crippen molar-refractivity contribution in [3.05, 3.63) is 41.5 Å². The van der Waals surface area contributed by atoms with E-state index in [1.807, 2.05) is 0 Å². The fraction of sp³-hybridized carbons (Fsp3) is 0.474. The lowest BCUT2D eigenvalue weighted by atomic mass is 9.62. The molecule has 3 aliphatic carbocycles. The molecule has 5 rings (SSSR count). The SMILES string of the molecule is CC1C2CCC(CC2)C1Nc1nc(C(=N)c2cc(F)cnc2N)ncc1F. The maximum Gasteiger partial charge on any atom is 0.183 e. The number of rotatable bonds is 4. The summed E-state index contributed by atoms with van der Waals surface area (Å²) in [4.78, 5) is 11.8. The van der Waals surface area contributed by atoms with Crippen molar-refractivity contribution in [2.75, 3.05) is 11.1 Å². The van der Waals surface area contributed by atoms with Crippen molar-refractivity contribution in [3.63, 3.8) is 0 Å². The lowest BCUT2D eigenvalue weighted by Gasteiger charge is -2.47. The van der Waals surface area contributed by atoms with Crippen LogP contribution in [-0.2, 0) is 0 Å². The van der Waals surface area contributed by atoms with Crippen molar-refractivity contribution in [1.29, 1.82) is 5.41 Å². The lowest BCUT2D eigenvalue weighted by molar-refractivity contribution is 0.0926. The van der Waals surface area contributed by atoms with Crippen LogP contribution < -0.4 is 11.1 Å². The summed E-state index contributed by atoms with van der Waals surface area (Å²) in [5, 5.41) is 11.5. The average Bonchev–Trinajstić information content (AvgIpc) is 2.68. The molecule has 0 saturated heterocycles. The Kier molecular flexibility index (Phi) is 4.49. The first kappa shape index (κ1) is 17.8. The van der Waals surface area contributed by atoms with E-state index in [1.54, 1.807) is 0 Å². The van der Waals surface area contributed by atoms with Gasteiger partial charge in [-0.3, -0.25) is 5.41 Å². The molecule has 4 N–H and O–H groups in total. The van der Waals surface area contributed by atoms with E-state index in [2.05, 4.69) is 27.2 Å². The summed E-state index contributed by atoms with van der Waals surface area (Å²) in [6.07, 6.45) is 6.77. The Morgan fingerprint density at radius 3 is 2.56 bits per heavy atom. The van der Waals surface area contributed by atoms with E-state index >= 15 is 0 Å². The van der Waals surface area contributed by atoms with Crippen molar-refractivity contribution in [2.24, 2.45) is 17.8 Å². The van der Waals surface area contributed by atoms with Crippen LogP contribution in [-0.4, -0.2) is 26.7 Å². The first-order valence-corrected chi connectivity index (χ1v) is 9.23. The zero-order valence-corrected chi connectivity index (χ0v) is 15.0. The van der Waals surface area contributed by atoms with Gasteiger partial charge in [0.25, 0.3) is 0 Å². The molecule has 0 spiro atoms. The van der Waals surface area contributed by atoms with Gasteiger partial charge in [-0.05, 0) is 49.5 Å². The van der Waals surface area contributed by atoms with E-state index in [9.17, 15) is 8.78 Å². The minimum Gasteiger partial charge on any atom is -0.383 e. The summed E-state index contributed by atoms with van der Waals surface area (Å²) in [5.74, 6) is 0.490. The van der Waals surface area contributed by atoms with Gasteiger partial charge >= 0.3 is 0 Å². The summed E-state index contributed by atoms with van der Waals surface area (Å²) < 4.78 is 27.8. The number of aromatic nitrogens is 3. The van der Waals surface area contributed by atoms with E-state index in [0.717, 1.165) is 31.3 Å². The molecule has 2 unspecified atom stereocenters. The molecule has 6 nitrogen and oxygen atoms in total. The summed E-state index contributed by atoms with van der Waals surface area (Å²) >= 11 is 0. The summed E-state index contributed by atoms with van der Waals surface area (Å²) in [5.41, 5.74) is 5.63. The maximum atomic E-state index is 14.3. The minimum atomic E-state index is -0.614. The largest absolute Gasteiger partial charge is 0.383 e. The van der Waals surface area contributed by atoms with Crippen LogP contribution in [0.1, 0.15) is 44.0 Å². The van der Waals surface area contributed by atoms with E-state index in [4.69, 9.17) is 11.1 Å². The van der Waals surface area contributed by atoms with Crippen molar-refractivity contribution in [2.45, 2.75) is 38.6 Å². The lowest BCUT2D eigenvalue weighted by Crippen LogP contribution is -2.47. The highest BCUT2D eigenvalue weighted by Gasteiger charge is 2.41.